The first-order valence-electron chi connectivity index (χ1n) is 6.79. The quantitative estimate of drug-likeness (QED) is 0.661. The predicted octanol–water partition coefficient (Wildman–Crippen LogP) is 4.79. The van der Waals surface area contributed by atoms with E-state index in [2.05, 4.69) is 50.2 Å². The number of rotatable bonds is 6. The summed E-state index contributed by atoms with van der Waals surface area (Å²) < 4.78 is 5.77. The monoisotopic (exact) mass is 241 g/mol. The molecule has 95 valence electrons. The van der Waals surface area contributed by atoms with E-state index in [0.29, 0.717) is 0 Å². The fourth-order valence-electron chi connectivity index (χ4n) is 2.15. The maximum Gasteiger partial charge on any atom is 0.119 e. The minimum atomic E-state index is 0.805. The summed E-state index contributed by atoms with van der Waals surface area (Å²) in [5.41, 5.74) is 1.36. The number of ether oxygens (including phenoxy) is 1. The van der Waals surface area contributed by atoms with Crippen LogP contribution in [0.2, 0.25) is 0 Å². The molecule has 0 N–H and O–H groups in total. The smallest absolute Gasteiger partial charge is 0.119 e. The second kappa shape index (κ2) is 6.44. The van der Waals surface area contributed by atoms with Crippen LogP contribution in [0, 0.1) is 6.92 Å². The van der Waals surface area contributed by atoms with Crippen molar-refractivity contribution in [1.82, 2.24) is 0 Å². The van der Waals surface area contributed by atoms with Crippen molar-refractivity contribution in [2.45, 2.75) is 32.6 Å². The van der Waals surface area contributed by atoms with E-state index < -0.39 is 0 Å². The maximum absolute atomic E-state index is 5.77. The summed E-state index contributed by atoms with van der Waals surface area (Å²) in [6.45, 7) is 6.92. The zero-order chi connectivity index (χ0) is 12.8. The first-order chi connectivity index (χ1) is 8.85. The predicted molar refractivity (Wildman–Crippen MR) is 78.0 cm³/mol. The van der Waals surface area contributed by atoms with Crippen molar-refractivity contribution in [2.24, 2.45) is 0 Å². The Bertz CT molecular complexity index is 502. The molecule has 0 saturated heterocycles. The molecule has 0 amide bonds. The number of hydrogen-bond donors (Lipinski definition) is 0. The van der Waals surface area contributed by atoms with E-state index in [1.807, 2.05) is 0 Å². The molecule has 0 unspecified atom stereocenters. The molecule has 0 aromatic heterocycles. The molecule has 0 bridgehead atoms. The minimum Gasteiger partial charge on any atom is -0.494 e. The van der Waals surface area contributed by atoms with Crippen LogP contribution in [0.5, 0.6) is 5.75 Å². The van der Waals surface area contributed by atoms with E-state index in [1.54, 1.807) is 0 Å². The standard InChI is InChI=1S/C17H21O/c1-3-5-12-18-16-11-10-15-9-6-8-14(7-4-2)17(15)13-16/h6,8-11,13H,2-5,7,12H2,1H3. The molecule has 1 heteroatoms. The summed E-state index contributed by atoms with van der Waals surface area (Å²) in [6.07, 6.45) is 4.23. The SMILES string of the molecule is [CH2]CCc1cccc2ccc(OCCCC)cc12. The van der Waals surface area contributed by atoms with E-state index in [-0.39, 0.29) is 0 Å². The highest BCUT2D eigenvalue weighted by Crippen LogP contribution is 2.25. The van der Waals surface area contributed by atoms with E-state index >= 15 is 0 Å². The van der Waals surface area contributed by atoms with Gasteiger partial charge in [-0.2, -0.15) is 0 Å². The summed E-state index contributed by atoms with van der Waals surface area (Å²) in [5.74, 6) is 0.979. The highest BCUT2D eigenvalue weighted by atomic mass is 16.5. The second-order valence-corrected chi connectivity index (χ2v) is 4.61. The molecule has 1 radical (unpaired) electrons. The molecule has 0 aliphatic rings. The maximum atomic E-state index is 5.77. The number of hydrogen-bond acceptors (Lipinski definition) is 1. The van der Waals surface area contributed by atoms with Crippen LogP contribution in [-0.2, 0) is 6.42 Å². The fraction of sp³-hybridized carbons (Fsp3) is 0.353. The number of unbranched alkanes of at least 4 members (excludes halogenated alkanes) is 1. The Kier molecular flexibility index (Phi) is 4.63. The van der Waals surface area contributed by atoms with E-state index in [1.165, 1.54) is 22.8 Å². The van der Waals surface area contributed by atoms with Gasteiger partial charge in [-0.1, -0.05) is 44.5 Å². The van der Waals surface area contributed by atoms with Gasteiger partial charge in [-0.05, 0) is 47.7 Å². The van der Waals surface area contributed by atoms with Crippen LogP contribution < -0.4 is 4.74 Å². The molecule has 0 aliphatic heterocycles. The molecule has 2 aromatic rings. The molecule has 0 aliphatic carbocycles. The lowest BCUT2D eigenvalue weighted by molar-refractivity contribution is 0.310. The summed E-state index contributed by atoms with van der Waals surface area (Å²) in [4.78, 5) is 0. The summed E-state index contributed by atoms with van der Waals surface area (Å²) in [7, 11) is 0. The molecule has 0 heterocycles. The minimum absolute atomic E-state index is 0.805. The summed E-state index contributed by atoms with van der Waals surface area (Å²) >= 11 is 0. The van der Waals surface area contributed by atoms with Crippen LogP contribution >= 0.6 is 0 Å². The Morgan fingerprint density at radius 1 is 1.17 bits per heavy atom. The van der Waals surface area contributed by atoms with Gasteiger partial charge in [0.2, 0.25) is 0 Å². The zero-order valence-corrected chi connectivity index (χ0v) is 11.1. The van der Waals surface area contributed by atoms with Crippen LogP contribution in [0.25, 0.3) is 10.8 Å². The Morgan fingerprint density at radius 2 is 2.06 bits per heavy atom. The third-order valence-corrected chi connectivity index (χ3v) is 3.16. The Hall–Kier alpha value is -1.50. The first-order valence-corrected chi connectivity index (χ1v) is 6.79. The number of benzene rings is 2. The van der Waals surface area contributed by atoms with Gasteiger partial charge in [0.25, 0.3) is 0 Å². The van der Waals surface area contributed by atoms with Crippen molar-refractivity contribution >= 4 is 10.8 Å². The van der Waals surface area contributed by atoms with E-state index in [9.17, 15) is 0 Å². The van der Waals surface area contributed by atoms with Crippen LogP contribution in [0.3, 0.4) is 0 Å². The topological polar surface area (TPSA) is 9.23 Å². The van der Waals surface area contributed by atoms with Gasteiger partial charge < -0.3 is 4.74 Å². The Balaban J connectivity index is 2.27. The largest absolute Gasteiger partial charge is 0.494 e. The zero-order valence-electron chi connectivity index (χ0n) is 11.1. The highest BCUT2D eigenvalue weighted by Gasteiger charge is 2.02. The Labute approximate surface area is 110 Å². The van der Waals surface area contributed by atoms with Crippen molar-refractivity contribution in [1.29, 1.82) is 0 Å². The molecule has 18 heavy (non-hydrogen) atoms. The third kappa shape index (κ3) is 3.04. The number of aryl methyl sites for hydroxylation is 1. The van der Waals surface area contributed by atoms with Gasteiger partial charge in [-0.25, -0.2) is 0 Å². The molecular formula is C17H21O. The average Bonchev–Trinajstić information content (AvgIpc) is 2.40. The lowest BCUT2D eigenvalue weighted by atomic mass is 10.0. The lowest BCUT2D eigenvalue weighted by Gasteiger charge is -2.09. The van der Waals surface area contributed by atoms with Crippen molar-refractivity contribution < 1.29 is 4.74 Å². The first kappa shape index (κ1) is 12.9. The molecule has 2 aromatic carbocycles. The van der Waals surface area contributed by atoms with Crippen molar-refractivity contribution in [2.75, 3.05) is 6.61 Å². The second-order valence-electron chi connectivity index (χ2n) is 4.61. The molecule has 1 nitrogen and oxygen atoms in total. The Morgan fingerprint density at radius 3 is 2.83 bits per heavy atom. The lowest BCUT2D eigenvalue weighted by Crippen LogP contribution is -1.96. The fourth-order valence-corrected chi connectivity index (χ4v) is 2.15. The molecule has 0 spiro atoms. The van der Waals surface area contributed by atoms with Gasteiger partial charge in [0.05, 0.1) is 6.61 Å². The van der Waals surface area contributed by atoms with Crippen molar-refractivity contribution in [3.63, 3.8) is 0 Å². The van der Waals surface area contributed by atoms with Gasteiger partial charge in [0.15, 0.2) is 0 Å². The van der Waals surface area contributed by atoms with Crippen molar-refractivity contribution in [3.05, 3.63) is 48.9 Å². The van der Waals surface area contributed by atoms with Crippen LogP contribution in [0.15, 0.2) is 36.4 Å². The molecule has 0 atom stereocenters. The van der Waals surface area contributed by atoms with Gasteiger partial charge in [-0.15, -0.1) is 0 Å². The highest BCUT2D eigenvalue weighted by molar-refractivity contribution is 5.87. The van der Waals surface area contributed by atoms with Gasteiger partial charge in [-0.3, -0.25) is 0 Å². The normalized spacial score (nSPS) is 10.8. The van der Waals surface area contributed by atoms with Crippen LogP contribution in [0.4, 0.5) is 0 Å². The van der Waals surface area contributed by atoms with Gasteiger partial charge in [0, 0.05) is 0 Å². The van der Waals surface area contributed by atoms with Crippen LogP contribution in [-0.4, -0.2) is 6.61 Å². The van der Waals surface area contributed by atoms with E-state index in [4.69, 9.17) is 4.74 Å². The molecule has 0 saturated carbocycles. The van der Waals surface area contributed by atoms with Gasteiger partial charge in [0.1, 0.15) is 5.75 Å². The number of fused-ring (bicyclic) bond motifs is 1. The molecule has 2 rings (SSSR count). The molecule has 0 fully saturated rings. The summed E-state index contributed by atoms with van der Waals surface area (Å²) in [5, 5.41) is 2.58. The van der Waals surface area contributed by atoms with Gasteiger partial charge >= 0.3 is 0 Å². The summed E-state index contributed by atoms with van der Waals surface area (Å²) in [6, 6.07) is 12.8. The van der Waals surface area contributed by atoms with Crippen molar-refractivity contribution in [3.8, 4) is 5.75 Å². The average molecular weight is 241 g/mol. The third-order valence-electron chi connectivity index (χ3n) is 3.16. The van der Waals surface area contributed by atoms with E-state index in [0.717, 1.165) is 31.6 Å². The van der Waals surface area contributed by atoms with Crippen LogP contribution in [0.1, 0.15) is 31.7 Å². The molecular weight excluding hydrogens is 220 g/mol.